The molecule has 2 aromatic rings. The number of ether oxygens (including phenoxy) is 1. The standard InChI is InChI=1S/C19H22FNO2/c1-19(2,3)15-7-9-17(10-8-15)23-13-18(22)21-12-14-5-4-6-16(20)11-14/h4-11H,12-13H2,1-3H3,(H,21,22). The second-order valence-electron chi connectivity index (χ2n) is 6.47. The van der Waals surface area contributed by atoms with Crippen molar-refractivity contribution in [2.24, 2.45) is 0 Å². The third-order valence-electron chi connectivity index (χ3n) is 3.47. The lowest BCUT2D eigenvalue weighted by molar-refractivity contribution is -0.123. The minimum Gasteiger partial charge on any atom is -0.484 e. The fraction of sp³-hybridized carbons (Fsp3) is 0.316. The monoisotopic (exact) mass is 315 g/mol. The van der Waals surface area contributed by atoms with Crippen molar-refractivity contribution >= 4 is 5.91 Å². The van der Waals surface area contributed by atoms with Crippen LogP contribution in [0.3, 0.4) is 0 Å². The van der Waals surface area contributed by atoms with E-state index in [0.717, 1.165) is 0 Å². The quantitative estimate of drug-likeness (QED) is 0.911. The number of amides is 1. The Morgan fingerprint density at radius 1 is 1.13 bits per heavy atom. The van der Waals surface area contributed by atoms with E-state index in [1.165, 1.54) is 17.7 Å². The maximum atomic E-state index is 13.0. The Balaban J connectivity index is 1.80. The highest BCUT2D eigenvalue weighted by Gasteiger charge is 2.13. The van der Waals surface area contributed by atoms with E-state index in [4.69, 9.17) is 4.74 Å². The molecule has 2 rings (SSSR count). The number of nitrogens with one attached hydrogen (secondary N) is 1. The molecule has 0 aromatic heterocycles. The minimum atomic E-state index is -0.313. The SMILES string of the molecule is CC(C)(C)c1ccc(OCC(=O)NCc2cccc(F)c2)cc1. The number of benzene rings is 2. The summed E-state index contributed by atoms with van der Waals surface area (Å²) in [4.78, 5) is 11.8. The second-order valence-corrected chi connectivity index (χ2v) is 6.47. The van der Waals surface area contributed by atoms with Gasteiger partial charge in [0.2, 0.25) is 0 Å². The van der Waals surface area contributed by atoms with E-state index in [0.29, 0.717) is 11.3 Å². The average Bonchev–Trinajstić information content (AvgIpc) is 2.50. The molecule has 1 N–H and O–H groups in total. The molecule has 2 aromatic carbocycles. The van der Waals surface area contributed by atoms with E-state index in [-0.39, 0.29) is 30.3 Å². The molecule has 0 saturated heterocycles. The molecule has 1 amide bonds. The summed E-state index contributed by atoms with van der Waals surface area (Å²) < 4.78 is 18.5. The molecule has 0 aliphatic rings. The van der Waals surface area contributed by atoms with E-state index < -0.39 is 0 Å². The Morgan fingerprint density at radius 3 is 2.43 bits per heavy atom. The highest BCUT2D eigenvalue weighted by molar-refractivity contribution is 5.77. The highest BCUT2D eigenvalue weighted by Crippen LogP contribution is 2.24. The summed E-state index contributed by atoms with van der Waals surface area (Å²) in [6.45, 7) is 6.64. The van der Waals surface area contributed by atoms with E-state index in [9.17, 15) is 9.18 Å². The zero-order chi connectivity index (χ0) is 16.9. The molecule has 4 heteroatoms. The van der Waals surface area contributed by atoms with Crippen molar-refractivity contribution in [1.29, 1.82) is 0 Å². The Kier molecular flexibility index (Phi) is 5.37. The van der Waals surface area contributed by atoms with E-state index in [1.807, 2.05) is 24.3 Å². The van der Waals surface area contributed by atoms with Crippen molar-refractivity contribution < 1.29 is 13.9 Å². The van der Waals surface area contributed by atoms with Crippen LogP contribution in [0.4, 0.5) is 4.39 Å². The molecule has 0 aliphatic carbocycles. The fourth-order valence-corrected chi connectivity index (χ4v) is 2.10. The first-order chi connectivity index (χ1) is 10.8. The van der Waals surface area contributed by atoms with Gasteiger partial charge in [-0.1, -0.05) is 45.0 Å². The van der Waals surface area contributed by atoms with Crippen LogP contribution in [0.25, 0.3) is 0 Å². The predicted molar refractivity (Wildman–Crippen MR) is 88.9 cm³/mol. The summed E-state index contributed by atoms with van der Waals surface area (Å²) in [5.41, 5.74) is 2.01. The van der Waals surface area contributed by atoms with Gasteiger partial charge in [0.25, 0.3) is 5.91 Å². The van der Waals surface area contributed by atoms with Crippen molar-refractivity contribution in [2.75, 3.05) is 6.61 Å². The Hall–Kier alpha value is -2.36. The summed E-state index contributed by atoms with van der Waals surface area (Å²) in [6, 6.07) is 13.9. The number of hydrogen-bond acceptors (Lipinski definition) is 2. The second kappa shape index (κ2) is 7.27. The third-order valence-corrected chi connectivity index (χ3v) is 3.47. The van der Waals surface area contributed by atoms with Gasteiger partial charge in [0.1, 0.15) is 11.6 Å². The number of rotatable bonds is 5. The first-order valence-corrected chi connectivity index (χ1v) is 7.59. The molecule has 0 radical (unpaired) electrons. The first kappa shape index (κ1) is 17.0. The minimum absolute atomic E-state index is 0.0653. The van der Waals surface area contributed by atoms with Crippen LogP contribution in [0.1, 0.15) is 31.9 Å². The van der Waals surface area contributed by atoms with Gasteiger partial charge >= 0.3 is 0 Å². The molecule has 23 heavy (non-hydrogen) atoms. The highest BCUT2D eigenvalue weighted by atomic mass is 19.1. The predicted octanol–water partition coefficient (Wildman–Crippen LogP) is 3.82. The number of hydrogen-bond donors (Lipinski definition) is 1. The van der Waals surface area contributed by atoms with Crippen molar-refractivity contribution in [1.82, 2.24) is 5.32 Å². The first-order valence-electron chi connectivity index (χ1n) is 7.59. The lowest BCUT2D eigenvalue weighted by atomic mass is 9.87. The molecule has 0 heterocycles. The normalized spacial score (nSPS) is 11.1. The van der Waals surface area contributed by atoms with Crippen LogP contribution in [0.2, 0.25) is 0 Å². The fourth-order valence-electron chi connectivity index (χ4n) is 2.10. The number of halogens is 1. The lowest BCUT2D eigenvalue weighted by Crippen LogP contribution is -2.28. The average molecular weight is 315 g/mol. The van der Waals surface area contributed by atoms with Gasteiger partial charge in [-0.15, -0.1) is 0 Å². The zero-order valence-electron chi connectivity index (χ0n) is 13.7. The van der Waals surface area contributed by atoms with Crippen molar-refractivity contribution in [3.05, 3.63) is 65.5 Å². The summed E-state index contributed by atoms with van der Waals surface area (Å²) >= 11 is 0. The van der Waals surface area contributed by atoms with Gasteiger partial charge in [0.05, 0.1) is 0 Å². The Morgan fingerprint density at radius 2 is 1.83 bits per heavy atom. The van der Waals surface area contributed by atoms with Crippen molar-refractivity contribution in [2.45, 2.75) is 32.7 Å². The van der Waals surface area contributed by atoms with Crippen LogP contribution in [0, 0.1) is 5.82 Å². The molecule has 3 nitrogen and oxygen atoms in total. The third kappa shape index (κ3) is 5.40. The maximum absolute atomic E-state index is 13.0. The van der Waals surface area contributed by atoms with E-state index in [2.05, 4.69) is 26.1 Å². The van der Waals surface area contributed by atoms with Gasteiger partial charge in [0.15, 0.2) is 6.61 Å². The van der Waals surface area contributed by atoms with Gasteiger partial charge in [0, 0.05) is 6.54 Å². The molecule has 0 bridgehead atoms. The largest absolute Gasteiger partial charge is 0.484 e. The molecule has 0 spiro atoms. The summed E-state index contributed by atoms with van der Waals surface area (Å²) in [5, 5.41) is 2.70. The smallest absolute Gasteiger partial charge is 0.258 e. The van der Waals surface area contributed by atoms with Gasteiger partial charge < -0.3 is 10.1 Å². The van der Waals surface area contributed by atoms with Crippen LogP contribution in [-0.2, 0) is 16.8 Å². The van der Waals surface area contributed by atoms with Crippen molar-refractivity contribution in [3.8, 4) is 5.75 Å². The molecule has 0 atom stereocenters. The summed E-state index contributed by atoms with van der Waals surface area (Å²) in [5.74, 6) is 0.0972. The van der Waals surface area contributed by atoms with Crippen LogP contribution in [0.15, 0.2) is 48.5 Å². The molecule has 0 unspecified atom stereocenters. The van der Waals surface area contributed by atoms with E-state index >= 15 is 0 Å². The van der Waals surface area contributed by atoms with Crippen LogP contribution in [-0.4, -0.2) is 12.5 Å². The molecular formula is C19H22FNO2. The van der Waals surface area contributed by atoms with Crippen LogP contribution >= 0.6 is 0 Å². The maximum Gasteiger partial charge on any atom is 0.258 e. The summed E-state index contributed by atoms with van der Waals surface area (Å²) in [6.07, 6.45) is 0. The number of carbonyl (C=O) groups is 1. The molecule has 0 aliphatic heterocycles. The van der Waals surface area contributed by atoms with Gasteiger partial charge in [-0.25, -0.2) is 4.39 Å². The Bertz CT molecular complexity index is 660. The van der Waals surface area contributed by atoms with Gasteiger partial charge in [-0.3, -0.25) is 4.79 Å². The zero-order valence-corrected chi connectivity index (χ0v) is 13.7. The van der Waals surface area contributed by atoms with E-state index in [1.54, 1.807) is 12.1 Å². The topological polar surface area (TPSA) is 38.3 Å². The molecule has 0 fully saturated rings. The molecule has 0 saturated carbocycles. The van der Waals surface area contributed by atoms with Gasteiger partial charge in [-0.2, -0.15) is 0 Å². The molecular weight excluding hydrogens is 293 g/mol. The molecule has 122 valence electrons. The van der Waals surface area contributed by atoms with Crippen molar-refractivity contribution in [3.63, 3.8) is 0 Å². The van der Waals surface area contributed by atoms with Crippen LogP contribution in [0.5, 0.6) is 5.75 Å². The van der Waals surface area contributed by atoms with Crippen LogP contribution < -0.4 is 10.1 Å². The Labute approximate surface area is 136 Å². The summed E-state index contributed by atoms with van der Waals surface area (Å²) in [7, 11) is 0. The lowest BCUT2D eigenvalue weighted by Gasteiger charge is -2.19. The number of carbonyl (C=O) groups excluding carboxylic acids is 1. The van der Waals surface area contributed by atoms with Gasteiger partial charge in [-0.05, 0) is 40.8 Å².